The summed E-state index contributed by atoms with van der Waals surface area (Å²) < 4.78 is 30.8. The van der Waals surface area contributed by atoms with E-state index >= 15 is 0 Å². The van der Waals surface area contributed by atoms with Crippen LogP contribution in [-0.4, -0.2) is 19.1 Å². The van der Waals surface area contributed by atoms with Crippen molar-refractivity contribution in [1.29, 1.82) is 0 Å². The number of rotatable bonds is 2. The van der Waals surface area contributed by atoms with Gasteiger partial charge in [-0.2, -0.15) is 0 Å². The summed E-state index contributed by atoms with van der Waals surface area (Å²) in [6.07, 6.45) is 0. The summed E-state index contributed by atoms with van der Waals surface area (Å²) in [5, 5.41) is 0. The first-order chi connectivity index (χ1) is 4.90. The van der Waals surface area contributed by atoms with Gasteiger partial charge in [0.25, 0.3) is 5.92 Å². The Bertz CT molecular complexity index is 145. The van der Waals surface area contributed by atoms with E-state index in [0.29, 0.717) is 0 Å². The summed E-state index contributed by atoms with van der Waals surface area (Å²) >= 11 is 0. The molecule has 0 N–H and O–H groups in total. The van der Waals surface area contributed by atoms with Crippen LogP contribution < -0.4 is 0 Å². The maximum atomic E-state index is 13.0. The Morgan fingerprint density at radius 2 is 1.82 bits per heavy atom. The molecule has 1 rings (SSSR count). The van der Waals surface area contributed by atoms with E-state index in [4.69, 9.17) is 4.74 Å². The van der Waals surface area contributed by atoms with E-state index in [-0.39, 0.29) is 19.1 Å². The van der Waals surface area contributed by atoms with Gasteiger partial charge in [-0.05, 0) is 5.92 Å². The molecule has 3 heteroatoms. The van der Waals surface area contributed by atoms with Crippen LogP contribution in [0.25, 0.3) is 0 Å². The van der Waals surface area contributed by atoms with Gasteiger partial charge in [-0.3, -0.25) is 0 Å². The van der Waals surface area contributed by atoms with E-state index in [2.05, 4.69) is 0 Å². The first kappa shape index (κ1) is 8.91. The lowest BCUT2D eigenvalue weighted by molar-refractivity contribution is -0.255. The van der Waals surface area contributed by atoms with Gasteiger partial charge < -0.3 is 4.74 Å². The Morgan fingerprint density at radius 3 is 1.82 bits per heavy atom. The number of alkyl halides is 2. The van der Waals surface area contributed by atoms with Crippen LogP contribution in [-0.2, 0) is 4.74 Å². The highest BCUT2D eigenvalue weighted by atomic mass is 19.3. The Morgan fingerprint density at radius 1 is 1.36 bits per heavy atom. The third kappa shape index (κ3) is 1.15. The number of halogens is 2. The molecule has 0 bridgehead atoms. The quantitative estimate of drug-likeness (QED) is 0.608. The summed E-state index contributed by atoms with van der Waals surface area (Å²) in [6, 6.07) is 0. The van der Waals surface area contributed by atoms with Crippen LogP contribution >= 0.6 is 0 Å². The van der Waals surface area contributed by atoms with E-state index in [1.54, 1.807) is 0 Å². The zero-order chi connectivity index (χ0) is 8.70. The topological polar surface area (TPSA) is 9.23 Å². The van der Waals surface area contributed by atoms with Crippen LogP contribution in [0, 0.1) is 11.3 Å². The molecule has 0 radical (unpaired) electrons. The predicted molar refractivity (Wildman–Crippen MR) is 38.7 cm³/mol. The molecule has 1 fully saturated rings. The third-order valence-electron chi connectivity index (χ3n) is 2.70. The first-order valence-corrected chi connectivity index (χ1v) is 3.86. The van der Waals surface area contributed by atoms with E-state index < -0.39 is 11.3 Å². The Balaban J connectivity index is 2.76. The maximum absolute atomic E-state index is 13.0. The molecule has 1 aliphatic rings. The molecule has 0 spiro atoms. The lowest BCUT2D eigenvalue weighted by atomic mass is 9.71. The molecule has 0 amide bonds. The third-order valence-corrected chi connectivity index (χ3v) is 2.70. The van der Waals surface area contributed by atoms with Crippen molar-refractivity contribution in [3.63, 3.8) is 0 Å². The van der Waals surface area contributed by atoms with Gasteiger partial charge in [-0.1, -0.05) is 13.8 Å². The molecule has 0 aliphatic carbocycles. The smallest absolute Gasteiger partial charge is 0.255 e. The zero-order valence-corrected chi connectivity index (χ0v) is 7.16. The van der Waals surface area contributed by atoms with E-state index in [9.17, 15) is 8.78 Å². The van der Waals surface area contributed by atoms with Crippen LogP contribution in [0.3, 0.4) is 0 Å². The minimum atomic E-state index is -2.61. The molecule has 11 heavy (non-hydrogen) atoms. The minimum Gasteiger partial charge on any atom is -0.380 e. The van der Waals surface area contributed by atoms with Crippen LogP contribution in [0.2, 0.25) is 0 Å². The summed E-state index contributed by atoms with van der Waals surface area (Å²) in [5.74, 6) is -2.63. The van der Waals surface area contributed by atoms with Crippen molar-refractivity contribution in [3.8, 4) is 0 Å². The van der Waals surface area contributed by atoms with Crippen molar-refractivity contribution in [2.24, 2.45) is 11.3 Å². The molecule has 66 valence electrons. The maximum Gasteiger partial charge on any atom is 0.255 e. The van der Waals surface area contributed by atoms with Crippen LogP contribution in [0.1, 0.15) is 20.8 Å². The molecular weight excluding hydrogens is 150 g/mol. The first-order valence-electron chi connectivity index (χ1n) is 3.86. The molecule has 0 aromatic heterocycles. The Hall–Kier alpha value is -0.180. The van der Waals surface area contributed by atoms with Gasteiger partial charge in [0.1, 0.15) is 0 Å². The molecule has 1 nitrogen and oxygen atoms in total. The summed E-state index contributed by atoms with van der Waals surface area (Å²) in [6.45, 7) is 5.03. The standard InChI is InChI=1S/C8H14F2O/c1-6(2)8(4-11-5-8)7(3,9)10/h6H,4-5H2,1-3H3. The molecular formula is C8H14F2O. The van der Waals surface area contributed by atoms with E-state index in [0.717, 1.165) is 6.92 Å². The minimum absolute atomic E-state index is 0.0174. The molecule has 1 saturated heterocycles. The molecule has 1 heterocycles. The Labute approximate surface area is 65.7 Å². The van der Waals surface area contributed by atoms with Gasteiger partial charge in [0.15, 0.2) is 0 Å². The van der Waals surface area contributed by atoms with Gasteiger partial charge in [0.2, 0.25) is 0 Å². The van der Waals surface area contributed by atoms with Crippen molar-refractivity contribution in [3.05, 3.63) is 0 Å². The molecule has 0 atom stereocenters. The predicted octanol–water partition coefficient (Wildman–Crippen LogP) is 2.31. The molecule has 1 aliphatic heterocycles. The molecule has 0 saturated carbocycles. The second-order valence-corrected chi connectivity index (χ2v) is 3.69. The van der Waals surface area contributed by atoms with Gasteiger partial charge in [0.05, 0.1) is 18.6 Å². The van der Waals surface area contributed by atoms with E-state index in [1.807, 2.05) is 13.8 Å². The fourth-order valence-corrected chi connectivity index (χ4v) is 1.42. The van der Waals surface area contributed by atoms with Gasteiger partial charge in [-0.15, -0.1) is 0 Å². The molecule has 0 aromatic rings. The fraction of sp³-hybridized carbons (Fsp3) is 1.00. The fourth-order valence-electron chi connectivity index (χ4n) is 1.42. The normalized spacial score (nSPS) is 23.5. The van der Waals surface area contributed by atoms with Crippen LogP contribution in [0.5, 0.6) is 0 Å². The lowest BCUT2D eigenvalue weighted by Gasteiger charge is -2.48. The second kappa shape index (κ2) is 2.41. The summed E-state index contributed by atoms with van der Waals surface area (Å²) in [7, 11) is 0. The van der Waals surface area contributed by atoms with Crippen molar-refractivity contribution >= 4 is 0 Å². The highest BCUT2D eigenvalue weighted by Gasteiger charge is 2.57. The van der Waals surface area contributed by atoms with Crippen LogP contribution in [0.15, 0.2) is 0 Å². The second-order valence-electron chi connectivity index (χ2n) is 3.69. The van der Waals surface area contributed by atoms with Gasteiger partial charge in [0, 0.05) is 6.92 Å². The summed E-state index contributed by atoms with van der Waals surface area (Å²) in [5.41, 5.74) is -0.896. The van der Waals surface area contributed by atoms with Crippen molar-refractivity contribution in [2.45, 2.75) is 26.7 Å². The van der Waals surface area contributed by atoms with Crippen molar-refractivity contribution < 1.29 is 13.5 Å². The zero-order valence-electron chi connectivity index (χ0n) is 7.16. The average molecular weight is 164 g/mol. The average Bonchev–Trinajstić information content (AvgIpc) is 1.52. The summed E-state index contributed by atoms with van der Waals surface area (Å²) in [4.78, 5) is 0. The highest BCUT2D eigenvalue weighted by molar-refractivity contribution is 4.97. The highest BCUT2D eigenvalue weighted by Crippen LogP contribution is 2.48. The van der Waals surface area contributed by atoms with Gasteiger partial charge in [-0.25, -0.2) is 8.78 Å². The SMILES string of the molecule is CC(C)C1(C(C)(F)F)COC1. The van der Waals surface area contributed by atoms with Crippen molar-refractivity contribution in [2.75, 3.05) is 13.2 Å². The number of hydrogen-bond donors (Lipinski definition) is 0. The van der Waals surface area contributed by atoms with Gasteiger partial charge >= 0.3 is 0 Å². The Kier molecular flexibility index (Phi) is 1.95. The molecule has 0 unspecified atom stereocenters. The number of ether oxygens (including phenoxy) is 1. The number of hydrogen-bond acceptors (Lipinski definition) is 1. The molecule has 0 aromatic carbocycles. The van der Waals surface area contributed by atoms with Crippen molar-refractivity contribution in [1.82, 2.24) is 0 Å². The van der Waals surface area contributed by atoms with E-state index in [1.165, 1.54) is 0 Å². The van der Waals surface area contributed by atoms with Crippen LogP contribution in [0.4, 0.5) is 8.78 Å². The largest absolute Gasteiger partial charge is 0.380 e. The lowest BCUT2D eigenvalue weighted by Crippen LogP contribution is -2.57. The monoisotopic (exact) mass is 164 g/mol.